The number of rotatable bonds is 7. The van der Waals surface area contributed by atoms with E-state index in [0.29, 0.717) is 32.1 Å². The molecule has 1 aromatic rings. The molecular formula is C19H32N4O3. The van der Waals surface area contributed by atoms with Gasteiger partial charge in [-0.1, -0.05) is 12.1 Å². The van der Waals surface area contributed by atoms with Gasteiger partial charge in [0.25, 0.3) is 0 Å². The van der Waals surface area contributed by atoms with Crippen molar-refractivity contribution in [1.82, 2.24) is 15.5 Å². The van der Waals surface area contributed by atoms with Crippen LogP contribution in [-0.2, 0) is 11.3 Å². The minimum atomic E-state index is -0.492. The van der Waals surface area contributed by atoms with Gasteiger partial charge in [0.2, 0.25) is 0 Å². The number of ether oxygens (including phenoxy) is 2. The zero-order valence-electron chi connectivity index (χ0n) is 16.8. The van der Waals surface area contributed by atoms with Gasteiger partial charge in [0, 0.05) is 33.2 Å². The molecule has 26 heavy (non-hydrogen) atoms. The highest BCUT2D eigenvalue weighted by atomic mass is 16.6. The summed E-state index contributed by atoms with van der Waals surface area (Å²) in [5.41, 5.74) is 0.631. The molecule has 0 unspecified atom stereocenters. The standard InChI is InChI=1S/C19H32N4O3/c1-7-23(18(24)26-19(2,3)4)13-12-21-17(20-5)22-14-15-8-10-16(25-6)11-9-15/h8-11H,7,12-14H2,1-6H3,(H2,20,21,22). The molecule has 7 heteroatoms. The Morgan fingerprint density at radius 1 is 1.19 bits per heavy atom. The van der Waals surface area contributed by atoms with Crippen LogP contribution in [0.1, 0.15) is 33.3 Å². The summed E-state index contributed by atoms with van der Waals surface area (Å²) < 4.78 is 10.6. The number of nitrogens with zero attached hydrogens (tertiary/aromatic N) is 2. The SMILES string of the molecule is CCN(CCNC(=NC)NCc1ccc(OC)cc1)C(=O)OC(C)(C)C. The molecule has 0 aliphatic heterocycles. The first-order valence-electron chi connectivity index (χ1n) is 8.84. The van der Waals surface area contributed by atoms with E-state index < -0.39 is 5.60 Å². The average molecular weight is 364 g/mol. The van der Waals surface area contributed by atoms with Gasteiger partial charge in [-0.3, -0.25) is 4.99 Å². The lowest BCUT2D eigenvalue weighted by Gasteiger charge is -2.26. The van der Waals surface area contributed by atoms with Crippen LogP contribution in [0.2, 0.25) is 0 Å². The number of benzene rings is 1. The Balaban J connectivity index is 2.41. The molecule has 0 aromatic heterocycles. The largest absolute Gasteiger partial charge is 0.497 e. The summed E-state index contributed by atoms with van der Waals surface area (Å²) >= 11 is 0. The molecular weight excluding hydrogens is 332 g/mol. The normalized spacial score (nSPS) is 11.7. The lowest BCUT2D eigenvalue weighted by Crippen LogP contribution is -2.44. The van der Waals surface area contributed by atoms with Gasteiger partial charge in [-0.05, 0) is 45.4 Å². The molecule has 7 nitrogen and oxygen atoms in total. The Bertz CT molecular complexity index is 579. The summed E-state index contributed by atoms with van der Waals surface area (Å²) in [5.74, 6) is 1.51. The van der Waals surface area contributed by atoms with Gasteiger partial charge in [-0.25, -0.2) is 4.79 Å². The van der Waals surface area contributed by atoms with Gasteiger partial charge in [0.05, 0.1) is 7.11 Å². The number of likely N-dealkylation sites (N-methyl/N-ethyl adjacent to an activating group) is 1. The fourth-order valence-electron chi connectivity index (χ4n) is 2.16. The molecule has 1 aromatic carbocycles. The van der Waals surface area contributed by atoms with E-state index in [9.17, 15) is 4.79 Å². The molecule has 0 atom stereocenters. The van der Waals surface area contributed by atoms with E-state index in [0.717, 1.165) is 11.3 Å². The Labute approximate surface area is 156 Å². The molecule has 146 valence electrons. The first-order chi connectivity index (χ1) is 12.3. The van der Waals surface area contributed by atoms with E-state index in [-0.39, 0.29) is 6.09 Å². The number of carbonyl (C=O) groups excluding carboxylic acids is 1. The second kappa shape index (κ2) is 10.5. The van der Waals surface area contributed by atoms with E-state index >= 15 is 0 Å². The molecule has 0 aliphatic rings. The molecule has 1 amide bonds. The maximum Gasteiger partial charge on any atom is 0.410 e. The summed E-state index contributed by atoms with van der Waals surface area (Å²) in [6, 6.07) is 7.85. The second-order valence-corrected chi connectivity index (χ2v) is 6.76. The van der Waals surface area contributed by atoms with Crippen LogP contribution in [-0.4, -0.2) is 56.3 Å². The molecule has 0 fully saturated rings. The molecule has 0 bridgehead atoms. The molecule has 1 rings (SSSR count). The first-order valence-corrected chi connectivity index (χ1v) is 8.84. The van der Waals surface area contributed by atoms with Gasteiger partial charge < -0.3 is 25.0 Å². The van der Waals surface area contributed by atoms with Crippen LogP contribution in [0.4, 0.5) is 4.79 Å². The van der Waals surface area contributed by atoms with Gasteiger partial charge in [-0.15, -0.1) is 0 Å². The fourth-order valence-corrected chi connectivity index (χ4v) is 2.16. The average Bonchev–Trinajstić information content (AvgIpc) is 2.60. The zero-order valence-corrected chi connectivity index (χ0v) is 16.8. The van der Waals surface area contributed by atoms with Crippen molar-refractivity contribution in [1.29, 1.82) is 0 Å². The highest BCUT2D eigenvalue weighted by Crippen LogP contribution is 2.11. The first kappa shape index (κ1) is 21.6. The molecule has 0 saturated heterocycles. The van der Waals surface area contributed by atoms with E-state index in [1.54, 1.807) is 19.1 Å². The van der Waals surface area contributed by atoms with Crippen molar-refractivity contribution < 1.29 is 14.3 Å². The third-order valence-electron chi connectivity index (χ3n) is 3.55. The third kappa shape index (κ3) is 8.09. The van der Waals surface area contributed by atoms with Crippen LogP contribution in [0.3, 0.4) is 0 Å². The van der Waals surface area contributed by atoms with Crippen molar-refractivity contribution in [3.8, 4) is 5.75 Å². The van der Waals surface area contributed by atoms with Gasteiger partial charge in [0.15, 0.2) is 5.96 Å². The van der Waals surface area contributed by atoms with Crippen LogP contribution < -0.4 is 15.4 Å². The van der Waals surface area contributed by atoms with Crippen LogP contribution in [0.25, 0.3) is 0 Å². The number of hydrogen-bond donors (Lipinski definition) is 2. The minimum absolute atomic E-state index is 0.303. The quantitative estimate of drug-likeness (QED) is 0.575. The smallest absolute Gasteiger partial charge is 0.410 e. The number of guanidine groups is 1. The number of methoxy groups -OCH3 is 1. The number of hydrogen-bond acceptors (Lipinski definition) is 4. The lowest BCUT2D eigenvalue weighted by atomic mass is 10.2. The predicted molar refractivity (Wildman–Crippen MR) is 105 cm³/mol. The fraction of sp³-hybridized carbons (Fsp3) is 0.579. The second-order valence-electron chi connectivity index (χ2n) is 6.76. The monoisotopic (exact) mass is 364 g/mol. The van der Waals surface area contributed by atoms with E-state index in [1.807, 2.05) is 52.0 Å². The molecule has 0 heterocycles. The summed E-state index contributed by atoms with van der Waals surface area (Å²) in [6.45, 7) is 9.87. The van der Waals surface area contributed by atoms with Gasteiger partial charge in [0.1, 0.15) is 11.4 Å². The summed E-state index contributed by atoms with van der Waals surface area (Å²) in [6.07, 6.45) is -0.303. The van der Waals surface area contributed by atoms with E-state index in [4.69, 9.17) is 9.47 Å². The van der Waals surface area contributed by atoms with Gasteiger partial charge >= 0.3 is 6.09 Å². The van der Waals surface area contributed by atoms with Crippen molar-refractivity contribution >= 4 is 12.1 Å². The summed E-state index contributed by atoms with van der Waals surface area (Å²) in [4.78, 5) is 18.0. The van der Waals surface area contributed by atoms with Crippen LogP contribution in [0.15, 0.2) is 29.3 Å². The van der Waals surface area contributed by atoms with Crippen molar-refractivity contribution in [2.75, 3.05) is 33.8 Å². The van der Waals surface area contributed by atoms with Crippen molar-refractivity contribution in [3.63, 3.8) is 0 Å². The third-order valence-corrected chi connectivity index (χ3v) is 3.55. The molecule has 0 spiro atoms. The minimum Gasteiger partial charge on any atom is -0.497 e. The number of nitrogens with one attached hydrogen (secondary N) is 2. The lowest BCUT2D eigenvalue weighted by molar-refractivity contribution is 0.0264. The Kier molecular flexibility index (Phi) is 8.75. The Morgan fingerprint density at radius 2 is 1.85 bits per heavy atom. The molecule has 0 radical (unpaired) electrons. The van der Waals surface area contributed by atoms with Crippen LogP contribution in [0.5, 0.6) is 5.75 Å². The topological polar surface area (TPSA) is 75.2 Å². The predicted octanol–water partition coefficient (Wildman–Crippen LogP) is 2.62. The van der Waals surface area contributed by atoms with Crippen molar-refractivity contribution in [3.05, 3.63) is 29.8 Å². The highest BCUT2D eigenvalue weighted by molar-refractivity contribution is 5.79. The number of aliphatic imine (C=N–C) groups is 1. The number of carbonyl (C=O) groups is 1. The van der Waals surface area contributed by atoms with Crippen LogP contribution >= 0.6 is 0 Å². The Morgan fingerprint density at radius 3 is 2.35 bits per heavy atom. The summed E-state index contributed by atoms with van der Waals surface area (Å²) in [7, 11) is 3.37. The zero-order chi connectivity index (χ0) is 19.6. The Hall–Kier alpha value is -2.44. The van der Waals surface area contributed by atoms with Crippen molar-refractivity contribution in [2.45, 2.75) is 39.8 Å². The van der Waals surface area contributed by atoms with Gasteiger partial charge in [-0.2, -0.15) is 0 Å². The maximum absolute atomic E-state index is 12.1. The highest BCUT2D eigenvalue weighted by Gasteiger charge is 2.20. The maximum atomic E-state index is 12.1. The van der Waals surface area contributed by atoms with Crippen LogP contribution in [0, 0.1) is 0 Å². The molecule has 2 N–H and O–H groups in total. The van der Waals surface area contributed by atoms with E-state index in [1.165, 1.54) is 0 Å². The summed E-state index contributed by atoms with van der Waals surface area (Å²) in [5, 5.41) is 6.46. The number of amides is 1. The molecule has 0 saturated carbocycles. The van der Waals surface area contributed by atoms with E-state index in [2.05, 4.69) is 15.6 Å². The molecule has 0 aliphatic carbocycles. The van der Waals surface area contributed by atoms with Crippen molar-refractivity contribution in [2.24, 2.45) is 4.99 Å².